The van der Waals surface area contributed by atoms with E-state index in [2.05, 4.69) is 84.5 Å². The predicted molar refractivity (Wildman–Crippen MR) is 186 cm³/mol. The number of carbonyl (C=O) groups is 2. The van der Waals surface area contributed by atoms with Crippen LogP contribution < -0.4 is 4.74 Å². The maximum absolute atomic E-state index is 11.1. The molecule has 0 atom stereocenters. The lowest BCUT2D eigenvalue weighted by atomic mass is 9.88. The van der Waals surface area contributed by atoms with Crippen LogP contribution in [0.2, 0.25) is 0 Å². The van der Waals surface area contributed by atoms with Crippen LogP contribution in [0.25, 0.3) is 32.3 Å². The number of fused-ring (bicyclic) bond motifs is 6. The van der Waals surface area contributed by atoms with Crippen LogP contribution in [0, 0.1) is 41.5 Å². The lowest BCUT2D eigenvalue weighted by Crippen LogP contribution is -2.04. The summed E-state index contributed by atoms with van der Waals surface area (Å²) in [6, 6.07) is 21.3. The second-order valence-electron chi connectivity index (χ2n) is 11.5. The molecule has 0 fully saturated rings. The Labute approximate surface area is 262 Å². The SMILES string of the molecule is C.C=CC(=O)OCCCCOc1ccc(C(C)=O)cc1.Cc1cc2c3cc(C)c(C)cc3c3cc(C)c(C)cc3c2cc1C. The molecule has 0 spiro atoms. The zero-order valence-electron chi connectivity index (χ0n) is 26.5. The van der Waals surface area contributed by atoms with E-state index in [1.54, 1.807) is 24.3 Å². The van der Waals surface area contributed by atoms with Crippen LogP contribution in [-0.2, 0) is 9.53 Å². The van der Waals surface area contributed by atoms with Gasteiger partial charge in [-0.3, -0.25) is 4.79 Å². The number of carbonyl (C=O) groups excluding carboxylic acids is 2. The molecule has 5 aromatic carbocycles. The van der Waals surface area contributed by atoms with Gasteiger partial charge in [-0.2, -0.15) is 0 Å². The highest BCUT2D eigenvalue weighted by atomic mass is 16.5. The van der Waals surface area contributed by atoms with Crippen molar-refractivity contribution in [3.63, 3.8) is 0 Å². The molecular weight excluding hydrogens is 544 g/mol. The quantitative estimate of drug-likeness (QED) is 0.0593. The molecule has 0 bridgehead atoms. The third-order valence-corrected chi connectivity index (χ3v) is 8.25. The Hall–Kier alpha value is -4.44. The number of esters is 1. The average molecular weight is 591 g/mol. The van der Waals surface area contributed by atoms with Crippen molar-refractivity contribution < 1.29 is 19.1 Å². The molecule has 0 heterocycles. The largest absolute Gasteiger partial charge is 0.494 e. The number of hydrogen-bond donors (Lipinski definition) is 0. The average Bonchev–Trinajstić information content (AvgIpc) is 2.98. The van der Waals surface area contributed by atoms with Crippen molar-refractivity contribution in [1.29, 1.82) is 0 Å². The standard InChI is InChI=1S/C24H24.C15H18O4.CH4/c1-13-7-19-20(8-14(13)2)22-10-16(4)18(6)12-24(22)23-11-17(5)15(3)9-21(19)23;1-3-15(17)19-11-5-4-10-18-14-8-6-13(7-9-14)12(2)16;/h7-12H,1-6H3;3,6-9H,1,4-5,10-11H2,2H3;1H4. The lowest BCUT2D eigenvalue weighted by Gasteiger charge is -2.16. The molecule has 4 heteroatoms. The number of benzene rings is 5. The summed E-state index contributed by atoms with van der Waals surface area (Å²) in [5, 5.41) is 8.29. The van der Waals surface area contributed by atoms with Gasteiger partial charge in [-0.05, 0) is 151 Å². The topological polar surface area (TPSA) is 52.6 Å². The summed E-state index contributed by atoms with van der Waals surface area (Å²) in [4.78, 5) is 21.8. The minimum absolute atomic E-state index is 0. The summed E-state index contributed by atoms with van der Waals surface area (Å²) in [5.74, 6) is 0.365. The molecular formula is C40H46O4. The molecule has 0 saturated heterocycles. The van der Waals surface area contributed by atoms with E-state index in [0.29, 0.717) is 18.8 Å². The fourth-order valence-electron chi connectivity index (χ4n) is 5.20. The van der Waals surface area contributed by atoms with Gasteiger partial charge in [-0.15, -0.1) is 0 Å². The molecule has 44 heavy (non-hydrogen) atoms. The van der Waals surface area contributed by atoms with Gasteiger partial charge < -0.3 is 9.47 Å². The Bertz CT molecular complexity index is 1560. The second kappa shape index (κ2) is 14.8. The Morgan fingerprint density at radius 3 is 1.27 bits per heavy atom. The van der Waals surface area contributed by atoms with Gasteiger partial charge >= 0.3 is 5.97 Å². The lowest BCUT2D eigenvalue weighted by molar-refractivity contribution is -0.137. The van der Waals surface area contributed by atoms with Crippen molar-refractivity contribution in [3.05, 3.63) is 112 Å². The molecule has 5 aromatic rings. The van der Waals surface area contributed by atoms with Crippen LogP contribution in [0.5, 0.6) is 5.75 Å². The Balaban J connectivity index is 0.000000243. The highest BCUT2D eigenvalue weighted by Gasteiger charge is 2.12. The number of Topliss-reactive ketones (excluding diaryl/α,β-unsaturated/α-hetero) is 1. The Morgan fingerprint density at radius 2 is 0.955 bits per heavy atom. The van der Waals surface area contributed by atoms with Gasteiger partial charge in [0, 0.05) is 11.6 Å². The van der Waals surface area contributed by atoms with Gasteiger partial charge in [-0.25, -0.2) is 4.79 Å². The first-order valence-electron chi connectivity index (χ1n) is 14.9. The van der Waals surface area contributed by atoms with Crippen molar-refractivity contribution in [2.24, 2.45) is 0 Å². The molecule has 0 aromatic heterocycles. The van der Waals surface area contributed by atoms with Gasteiger partial charge in [0.2, 0.25) is 0 Å². The van der Waals surface area contributed by atoms with E-state index >= 15 is 0 Å². The van der Waals surface area contributed by atoms with Crippen molar-refractivity contribution >= 4 is 44.1 Å². The molecule has 0 saturated carbocycles. The number of hydrogen-bond acceptors (Lipinski definition) is 4. The highest BCUT2D eigenvalue weighted by Crippen LogP contribution is 2.38. The molecule has 230 valence electrons. The fraction of sp³-hybridized carbons (Fsp3) is 0.300. The van der Waals surface area contributed by atoms with Crippen LogP contribution in [0.4, 0.5) is 0 Å². The normalized spacial score (nSPS) is 10.6. The van der Waals surface area contributed by atoms with E-state index in [-0.39, 0.29) is 13.2 Å². The smallest absolute Gasteiger partial charge is 0.330 e. The molecule has 0 aliphatic carbocycles. The summed E-state index contributed by atoms with van der Waals surface area (Å²) < 4.78 is 10.3. The van der Waals surface area contributed by atoms with E-state index in [4.69, 9.17) is 9.47 Å². The van der Waals surface area contributed by atoms with Crippen molar-refractivity contribution in [2.75, 3.05) is 13.2 Å². The van der Waals surface area contributed by atoms with Gasteiger partial charge in [0.05, 0.1) is 13.2 Å². The molecule has 0 amide bonds. The highest BCUT2D eigenvalue weighted by molar-refractivity contribution is 6.26. The van der Waals surface area contributed by atoms with Gasteiger partial charge in [0.15, 0.2) is 5.78 Å². The number of rotatable bonds is 8. The molecule has 0 radical (unpaired) electrons. The van der Waals surface area contributed by atoms with E-state index in [1.807, 2.05) is 0 Å². The summed E-state index contributed by atoms with van der Waals surface area (Å²) in [6.07, 6.45) is 2.68. The van der Waals surface area contributed by atoms with Crippen molar-refractivity contribution in [2.45, 2.75) is 68.7 Å². The van der Waals surface area contributed by atoms with Crippen LogP contribution >= 0.6 is 0 Å². The predicted octanol–water partition coefficient (Wildman–Crippen LogP) is 10.4. The number of unbranched alkanes of at least 4 members (excludes halogenated alkanes) is 1. The third-order valence-electron chi connectivity index (χ3n) is 8.25. The van der Waals surface area contributed by atoms with Crippen molar-refractivity contribution in [1.82, 2.24) is 0 Å². The molecule has 0 aliphatic heterocycles. The van der Waals surface area contributed by atoms with E-state index in [9.17, 15) is 9.59 Å². The summed E-state index contributed by atoms with van der Waals surface area (Å²) in [6.45, 7) is 19.0. The molecule has 5 rings (SSSR count). The zero-order valence-corrected chi connectivity index (χ0v) is 26.5. The van der Waals surface area contributed by atoms with Gasteiger partial charge in [0.25, 0.3) is 0 Å². The van der Waals surface area contributed by atoms with Crippen LogP contribution in [-0.4, -0.2) is 25.0 Å². The van der Waals surface area contributed by atoms with Crippen LogP contribution in [0.15, 0.2) is 73.3 Å². The van der Waals surface area contributed by atoms with Gasteiger partial charge in [-0.1, -0.05) is 50.4 Å². The summed E-state index contributed by atoms with van der Waals surface area (Å²) in [5.41, 5.74) is 8.87. The molecule has 4 nitrogen and oxygen atoms in total. The first kappa shape index (κ1) is 34.1. The van der Waals surface area contributed by atoms with Crippen molar-refractivity contribution in [3.8, 4) is 5.75 Å². The first-order valence-corrected chi connectivity index (χ1v) is 14.9. The summed E-state index contributed by atoms with van der Waals surface area (Å²) >= 11 is 0. The van der Waals surface area contributed by atoms with E-state index < -0.39 is 5.97 Å². The minimum atomic E-state index is -0.402. The van der Waals surface area contributed by atoms with Crippen LogP contribution in [0.1, 0.15) is 70.9 Å². The van der Waals surface area contributed by atoms with E-state index in [1.165, 1.54) is 72.6 Å². The Morgan fingerprint density at radius 1 is 0.614 bits per heavy atom. The maximum atomic E-state index is 11.1. The van der Waals surface area contributed by atoms with Gasteiger partial charge in [0.1, 0.15) is 5.75 Å². The maximum Gasteiger partial charge on any atom is 0.330 e. The Kier molecular flexibility index (Phi) is 11.5. The zero-order chi connectivity index (χ0) is 31.3. The fourth-order valence-corrected chi connectivity index (χ4v) is 5.20. The molecule has 0 unspecified atom stereocenters. The molecule has 0 N–H and O–H groups in total. The number of ether oxygens (including phenoxy) is 2. The number of aryl methyl sites for hydroxylation is 6. The summed E-state index contributed by atoms with van der Waals surface area (Å²) in [7, 11) is 0. The molecule has 0 aliphatic rings. The monoisotopic (exact) mass is 590 g/mol. The third kappa shape index (κ3) is 7.74. The minimum Gasteiger partial charge on any atom is -0.494 e. The second-order valence-corrected chi connectivity index (χ2v) is 11.5. The number of ketones is 1. The first-order chi connectivity index (χ1) is 20.5. The van der Waals surface area contributed by atoms with E-state index in [0.717, 1.165) is 24.7 Å². The van der Waals surface area contributed by atoms with Crippen LogP contribution in [0.3, 0.4) is 0 Å².